The van der Waals surface area contributed by atoms with E-state index in [4.69, 9.17) is 9.47 Å². The number of aromatic nitrogens is 2. The minimum atomic E-state index is 0.525. The Hall–Kier alpha value is -3.28. The van der Waals surface area contributed by atoms with Crippen LogP contribution in [-0.4, -0.2) is 30.2 Å². The van der Waals surface area contributed by atoms with Crippen LogP contribution < -0.4 is 20.1 Å². The van der Waals surface area contributed by atoms with Crippen LogP contribution in [0.4, 0.5) is 17.3 Å². The van der Waals surface area contributed by atoms with E-state index in [1.54, 1.807) is 7.11 Å². The van der Waals surface area contributed by atoms with E-state index in [-0.39, 0.29) is 0 Å². The molecule has 0 unspecified atom stereocenters. The van der Waals surface area contributed by atoms with E-state index in [1.165, 1.54) is 5.56 Å². The highest BCUT2D eigenvalue weighted by molar-refractivity contribution is 5.62. The number of benzene rings is 2. The first kappa shape index (κ1) is 19.5. The third-order valence-corrected chi connectivity index (χ3v) is 4.24. The molecule has 0 bridgehead atoms. The molecule has 0 aliphatic rings. The fourth-order valence-electron chi connectivity index (χ4n) is 2.83. The number of methoxy groups -OCH3 is 1. The molecule has 2 N–H and O–H groups in total. The van der Waals surface area contributed by atoms with Crippen molar-refractivity contribution in [2.75, 3.05) is 30.9 Å². The molecule has 1 heterocycles. The number of ether oxygens (including phenoxy) is 2. The molecule has 6 nitrogen and oxygen atoms in total. The molecular weight excluding hydrogens is 352 g/mol. The van der Waals surface area contributed by atoms with Crippen LogP contribution in [0.3, 0.4) is 0 Å². The van der Waals surface area contributed by atoms with Crippen molar-refractivity contribution in [3.8, 4) is 11.5 Å². The molecule has 1 aromatic heterocycles. The molecule has 0 spiro atoms. The van der Waals surface area contributed by atoms with Crippen LogP contribution in [0.15, 0.2) is 54.6 Å². The van der Waals surface area contributed by atoms with Crippen LogP contribution in [-0.2, 0) is 6.42 Å². The third kappa shape index (κ3) is 5.36. The Kier molecular flexibility index (Phi) is 6.68. The van der Waals surface area contributed by atoms with Crippen LogP contribution in [0.5, 0.6) is 11.5 Å². The van der Waals surface area contributed by atoms with Crippen molar-refractivity contribution in [2.24, 2.45) is 0 Å². The van der Waals surface area contributed by atoms with Gasteiger partial charge < -0.3 is 20.1 Å². The van der Waals surface area contributed by atoms with Gasteiger partial charge in [0.25, 0.3) is 0 Å². The Balaban J connectivity index is 1.57. The molecule has 0 amide bonds. The maximum absolute atomic E-state index is 5.74. The lowest BCUT2D eigenvalue weighted by Crippen LogP contribution is -2.13. The number of nitrogens with one attached hydrogen (secondary N) is 2. The molecule has 2 aromatic carbocycles. The van der Waals surface area contributed by atoms with Gasteiger partial charge in [-0.05, 0) is 49.2 Å². The normalized spacial score (nSPS) is 10.4. The number of rotatable bonds is 9. The highest BCUT2D eigenvalue weighted by Crippen LogP contribution is 2.22. The third-order valence-electron chi connectivity index (χ3n) is 4.24. The Bertz CT molecular complexity index is 897. The second-order valence-corrected chi connectivity index (χ2v) is 6.27. The molecule has 0 radical (unpaired) electrons. The van der Waals surface area contributed by atoms with Gasteiger partial charge in [0.1, 0.15) is 35.6 Å². The fraction of sp³-hybridized carbons (Fsp3) is 0.273. The summed E-state index contributed by atoms with van der Waals surface area (Å²) in [5, 5.41) is 6.69. The van der Waals surface area contributed by atoms with Crippen molar-refractivity contribution in [2.45, 2.75) is 20.3 Å². The summed E-state index contributed by atoms with van der Waals surface area (Å²) in [4.78, 5) is 8.94. The summed E-state index contributed by atoms with van der Waals surface area (Å²) in [6.07, 6.45) is 0.959. The molecular formula is C22H26N4O2. The molecule has 6 heteroatoms. The van der Waals surface area contributed by atoms with E-state index in [9.17, 15) is 0 Å². The van der Waals surface area contributed by atoms with Gasteiger partial charge in [0.2, 0.25) is 0 Å². The van der Waals surface area contributed by atoms with Gasteiger partial charge in [0.15, 0.2) is 0 Å². The van der Waals surface area contributed by atoms with Gasteiger partial charge >= 0.3 is 0 Å². The zero-order valence-electron chi connectivity index (χ0n) is 16.5. The Morgan fingerprint density at radius 3 is 2.39 bits per heavy atom. The zero-order chi connectivity index (χ0) is 19.8. The second-order valence-electron chi connectivity index (χ2n) is 6.27. The van der Waals surface area contributed by atoms with Gasteiger partial charge in [-0.2, -0.15) is 0 Å². The number of hydrogen-bond donors (Lipinski definition) is 2. The largest absolute Gasteiger partial charge is 0.497 e. The lowest BCUT2D eigenvalue weighted by Gasteiger charge is -2.13. The lowest BCUT2D eigenvalue weighted by atomic mass is 10.1. The first-order valence-electron chi connectivity index (χ1n) is 9.39. The summed E-state index contributed by atoms with van der Waals surface area (Å²) < 4.78 is 10.9. The van der Waals surface area contributed by atoms with E-state index >= 15 is 0 Å². The molecule has 3 aromatic rings. The van der Waals surface area contributed by atoms with Crippen molar-refractivity contribution in [3.63, 3.8) is 0 Å². The summed E-state index contributed by atoms with van der Waals surface area (Å²) in [7, 11) is 1.65. The Labute approximate surface area is 166 Å². The molecule has 0 atom stereocenters. The van der Waals surface area contributed by atoms with E-state index in [0.29, 0.717) is 19.0 Å². The van der Waals surface area contributed by atoms with Crippen molar-refractivity contribution in [1.29, 1.82) is 0 Å². The number of aryl methyl sites for hydroxylation is 2. The van der Waals surface area contributed by atoms with Gasteiger partial charge in [-0.15, -0.1) is 0 Å². The fourth-order valence-corrected chi connectivity index (χ4v) is 2.83. The molecule has 0 aliphatic heterocycles. The summed E-state index contributed by atoms with van der Waals surface area (Å²) in [5.41, 5.74) is 2.32. The highest BCUT2D eigenvalue weighted by Gasteiger charge is 2.05. The second kappa shape index (κ2) is 9.60. The van der Waals surface area contributed by atoms with Gasteiger partial charge in [-0.25, -0.2) is 9.97 Å². The Morgan fingerprint density at radius 2 is 1.64 bits per heavy atom. The number of hydrogen-bond acceptors (Lipinski definition) is 6. The number of anilines is 3. The summed E-state index contributed by atoms with van der Waals surface area (Å²) >= 11 is 0. The lowest BCUT2D eigenvalue weighted by molar-refractivity contribution is 0.331. The molecule has 0 aliphatic carbocycles. The standard InChI is InChI=1S/C22H26N4O2/c1-4-17-7-5-6-8-20(17)26-22-15-21(24-16(2)25-22)23-13-14-28-19-11-9-18(27-3)10-12-19/h5-12,15H,4,13-14H2,1-3H3,(H2,23,24,25,26). The molecule has 28 heavy (non-hydrogen) atoms. The van der Waals surface area contributed by atoms with Gasteiger partial charge in [-0.1, -0.05) is 25.1 Å². The summed E-state index contributed by atoms with van der Waals surface area (Å²) in [6, 6.07) is 17.7. The minimum absolute atomic E-state index is 0.525. The first-order chi connectivity index (χ1) is 13.7. The van der Waals surface area contributed by atoms with Crippen molar-refractivity contribution in [3.05, 3.63) is 66.0 Å². The van der Waals surface area contributed by atoms with Crippen LogP contribution in [0, 0.1) is 6.92 Å². The van der Waals surface area contributed by atoms with Crippen molar-refractivity contribution in [1.82, 2.24) is 9.97 Å². The van der Waals surface area contributed by atoms with Crippen molar-refractivity contribution >= 4 is 17.3 Å². The maximum Gasteiger partial charge on any atom is 0.136 e. The van der Waals surface area contributed by atoms with Crippen LogP contribution in [0.1, 0.15) is 18.3 Å². The summed E-state index contributed by atoms with van der Waals surface area (Å²) in [6.45, 7) is 5.18. The SMILES string of the molecule is CCc1ccccc1Nc1cc(NCCOc2ccc(OC)cc2)nc(C)n1. The van der Waals surface area contributed by atoms with Crippen LogP contribution in [0.2, 0.25) is 0 Å². The predicted molar refractivity (Wildman–Crippen MR) is 113 cm³/mol. The first-order valence-corrected chi connectivity index (χ1v) is 9.39. The monoisotopic (exact) mass is 378 g/mol. The summed E-state index contributed by atoms with van der Waals surface area (Å²) in [5.74, 6) is 3.86. The Morgan fingerprint density at radius 1 is 0.929 bits per heavy atom. The van der Waals surface area contributed by atoms with Gasteiger partial charge in [0.05, 0.1) is 13.7 Å². The minimum Gasteiger partial charge on any atom is -0.497 e. The predicted octanol–water partition coefficient (Wildman–Crippen LogP) is 4.59. The van der Waals surface area contributed by atoms with E-state index in [0.717, 1.165) is 35.2 Å². The van der Waals surface area contributed by atoms with Crippen LogP contribution >= 0.6 is 0 Å². The topological polar surface area (TPSA) is 68.3 Å². The van der Waals surface area contributed by atoms with E-state index in [2.05, 4.69) is 39.7 Å². The van der Waals surface area contributed by atoms with E-state index in [1.807, 2.05) is 49.4 Å². The zero-order valence-corrected chi connectivity index (χ0v) is 16.5. The number of para-hydroxylation sites is 1. The van der Waals surface area contributed by atoms with E-state index < -0.39 is 0 Å². The molecule has 0 fully saturated rings. The molecule has 0 saturated heterocycles. The molecule has 0 saturated carbocycles. The molecule has 146 valence electrons. The van der Waals surface area contributed by atoms with Gasteiger partial charge in [-0.3, -0.25) is 0 Å². The average molecular weight is 378 g/mol. The van der Waals surface area contributed by atoms with Gasteiger partial charge in [0, 0.05) is 11.8 Å². The number of nitrogens with zero attached hydrogens (tertiary/aromatic N) is 2. The van der Waals surface area contributed by atoms with Crippen LogP contribution in [0.25, 0.3) is 0 Å². The molecule has 3 rings (SSSR count). The average Bonchev–Trinajstić information content (AvgIpc) is 2.72. The highest BCUT2D eigenvalue weighted by atomic mass is 16.5. The van der Waals surface area contributed by atoms with Crippen molar-refractivity contribution < 1.29 is 9.47 Å². The maximum atomic E-state index is 5.74. The smallest absolute Gasteiger partial charge is 0.136 e. The quantitative estimate of drug-likeness (QED) is 0.531.